The van der Waals surface area contributed by atoms with Crippen LogP contribution in [0.1, 0.15) is 79.4 Å². The number of aliphatic hydroxyl groups excluding tert-OH is 1. The Morgan fingerprint density at radius 3 is 1.13 bits per heavy atom. The molecule has 1 aliphatic heterocycles. The average Bonchev–Trinajstić information content (AvgIpc) is 0.959. The van der Waals surface area contributed by atoms with E-state index in [0.29, 0.717) is 45.7 Å². The largest absolute Gasteiger partial charge is 0.497 e. The first-order valence-corrected chi connectivity index (χ1v) is 32.3. The maximum atomic E-state index is 11.9. The van der Waals surface area contributed by atoms with E-state index in [1.54, 1.807) is 49.0 Å². The fraction of sp³-hybridized carbons (Fsp3) is 0.207. The van der Waals surface area contributed by atoms with Crippen LogP contribution in [0.15, 0.2) is 267 Å². The number of ether oxygens (including phenoxy) is 11. The van der Waals surface area contributed by atoms with Crippen molar-refractivity contribution in [1.82, 2.24) is 19.5 Å². The monoisotopic (exact) mass is 1310 g/mol. The van der Waals surface area contributed by atoms with E-state index in [1.807, 2.05) is 223 Å². The number of methoxy groups -OCH3 is 6. The summed E-state index contributed by atoms with van der Waals surface area (Å²) in [5.41, 5.74) is 7.92. The van der Waals surface area contributed by atoms with Crippen LogP contribution in [0, 0.1) is 0 Å². The predicted octanol–water partition coefficient (Wildman–Crippen LogP) is 15.1. The van der Waals surface area contributed by atoms with E-state index in [2.05, 4.69) is 41.4 Å². The van der Waals surface area contributed by atoms with Crippen molar-refractivity contribution in [1.29, 1.82) is 0 Å². The fourth-order valence-electron chi connectivity index (χ4n) is 13.2. The van der Waals surface area contributed by atoms with Crippen LogP contribution in [-0.2, 0) is 55.6 Å². The highest BCUT2D eigenvalue weighted by Gasteiger charge is 2.44. The zero-order valence-corrected chi connectivity index (χ0v) is 55.4. The van der Waals surface area contributed by atoms with E-state index in [0.717, 1.165) is 66.8 Å². The molecule has 0 saturated carbocycles. The Kier molecular flexibility index (Phi) is 19.9. The molecule has 3 atom stereocenters. The third kappa shape index (κ3) is 13.1. The molecule has 10 aromatic carbocycles. The second-order valence-electron chi connectivity index (χ2n) is 23.7. The summed E-state index contributed by atoms with van der Waals surface area (Å²) >= 11 is 0. The van der Waals surface area contributed by atoms with Gasteiger partial charge in [0.25, 0.3) is 0 Å². The number of aliphatic hydroxyl groups is 1. The second-order valence-corrected chi connectivity index (χ2v) is 23.7. The highest BCUT2D eigenvalue weighted by atomic mass is 16.6. The summed E-state index contributed by atoms with van der Waals surface area (Å²) in [6.07, 6.45) is 1.02. The first-order valence-electron chi connectivity index (χ1n) is 32.3. The average molecular weight is 1310 g/mol. The summed E-state index contributed by atoms with van der Waals surface area (Å²) in [6, 6.07) is 84.4. The first kappa shape index (κ1) is 65.8. The molecule has 1 aliphatic rings. The molecule has 2 aromatic heterocycles. The molecular weight excluding hydrogens is 1230 g/mol. The number of nitrogens with zero attached hydrogens (tertiary/aromatic N) is 4. The number of imidazole rings is 1. The van der Waals surface area contributed by atoms with Gasteiger partial charge >= 0.3 is 0 Å². The lowest BCUT2D eigenvalue weighted by atomic mass is 9.79. The minimum atomic E-state index is -1.16. The Bertz CT molecular complexity index is 4400. The van der Waals surface area contributed by atoms with Crippen LogP contribution in [-0.4, -0.2) is 86.1 Å². The lowest BCUT2D eigenvalue weighted by Crippen LogP contribution is -2.38. The second kappa shape index (κ2) is 29.6. The quantitative estimate of drug-likeness (QED) is 0.0460. The van der Waals surface area contributed by atoms with Crippen molar-refractivity contribution in [3.63, 3.8) is 0 Å². The van der Waals surface area contributed by atoms with Crippen molar-refractivity contribution in [2.75, 3.05) is 49.3 Å². The van der Waals surface area contributed by atoms with E-state index in [1.165, 1.54) is 6.33 Å². The van der Waals surface area contributed by atoms with Gasteiger partial charge in [-0.2, -0.15) is 4.98 Å². The molecule has 1 N–H and O–H groups in total. The third-order valence-corrected chi connectivity index (χ3v) is 18.4. The van der Waals surface area contributed by atoms with Gasteiger partial charge in [-0.3, -0.25) is 4.57 Å². The fourth-order valence-corrected chi connectivity index (χ4v) is 13.2. The van der Waals surface area contributed by atoms with E-state index >= 15 is 0 Å². The van der Waals surface area contributed by atoms with Gasteiger partial charge in [0.15, 0.2) is 11.2 Å². The molecule has 0 amide bonds. The SMILES string of the molecule is COc1ccc(C(OCc2ccc(COc3ncnc4c3ncn4[C@H]3C[C@H](O)[C@@H](COC(c4ccccc4)(c4ccc(OC)cc4)c4ccc(OC)cc4)O3)cc2COC(c2ccccc2)(c2ccc(OC)cc2)c2ccc(OC)cc2)(c2ccccc2)c2ccc(OC)cc2)cc1. The number of fused-ring (bicyclic) bond motifs is 1. The smallest absolute Gasteiger partial charge is 0.245 e. The molecule has 1 saturated heterocycles. The Labute approximate surface area is 570 Å². The van der Waals surface area contributed by atoms with Gasteiger partial charge < -0.3 is 57.2 Å². The lowest BCUT2D eigenvalue weighted by Gasteiger charge is -2.37. The van der Waals surface area contributed by atoms with Crippen LogP contribution in [0.25, 0.3) is 11.2 Å². The maximum Gasteiger partial charge on any atom is 0.245 e. The van der Waals surface area contributed by atoms with E-state index in [4.69, 9.17) is 62.1 Å². The molecule has 16 nitrogen and oxygen atoms in total. The standard InChI is InChI=1S/C82H76N4O12/c1-88-68-36-24-62(25-37-68)80(59-16-10-7-11-17-59,63-26-38-69(89-2)39-27-63)95-51-57-23-22-56(48-58(57)52-96-81(60-18-12-8-13-19-60,64-28-40-70(90-3)41-29-64)65-30-42-71(91-4)43-31-65)50-94-79-77-78(83-54-84-79)86(55-85-77)76-49-74(87)75(98-76)53-97-82(61-20-14-9-15-21-61,66-32-44-72(92-5)45-33-66)67-34-46-73(93-6)47-35-67/h7-48,54-55,74-76,87H,49-53H2,1-6H3/t74-,75+,76+/m0/s1. The Morgan fingerprint density at radius 2 is 0.755 bits per heavy atom. The van der Waals surface area contributed by atoms with Crippen molar-refractivity contribution in [3.05, 3.63) is 334 Å². The van der Waals surface area contributed by atoms with Gasteiger partial charge in [0.2, 0.25) is 5.88 Å². The molecule has 16 heteroatoms. The van der Waals surface area contributed by atoms with E-state index in [-0.39, 0.29) is 38.7 Å². The highest BCUT2D eigenvalue weighted by Crippen LogP contribution is 2.47. The topological polar surface area (TPSA) is 165 Å². The van der Waals surface area contributed by atoms with Crippen LogP contribution in [0.5, 0.6) is 40.4 Å². The molecule has 98 heavy (non-hydrogen) atoms. The van der Waals surface area contributed by atoms with Gasteiger partial charge in [0, 0.05) is 6.42 Å². The number of hydrogen-bond donors (Lipinski definition) is 1. The zero-order chi connectivity index (χ0) is 67.5. The number of hydrogen-bond acceptors (Lipinski definition) is 15. The van der Waals surface area contributed by atoms with Gasteiger partial charge in [-0.1, -0.05) is 176 Å². The molecule has 3 heterocycles. The minimum Gasteiger partial charge on any atom is -0.497 e. The number of benzene rings is 10. The van der Waals surface area contributed by atoms with Crippen molar-refractivity contribution in [2.24, 2.45) is 0 Å². The molecule has 0 unspecified atom stereocenters. The van der Waals surface area contributed by atoms with E-state index < -0.39 is 35.2 Å². The van der Waals surface area contributed by atoms with Crippen molar-refractivity contribution in [2.45, 2.75) is 61.5 Å². The minimum absolute atomic E-state index is 0.0218. The number of aromatic nitrogens is 4. The third-order valence-electron chi connectivity index (χ3n) is 18.4. The van der Waals surface area contributed by atoms with Crippen molar-refractivity contribution < 1.29 is 57.2 Å². The molecule has 13 rings (SSSR count). The van der Waals surface area contributed by atoms with Crippen LogP contribution >= 0.6 is 0 Å². The van der Waals surface area contributed by atoms with Gasteiger partial charge in [-0.15, -0.1) is 0 Å². The molecule has 12 aromatic rings. The van der Waals surface area contributed by atoms with Crippen molar-refractivity contribution in [3.8, 4) is 40.4 Å². The Morgan fingerprint density at radius 1 is 0.398 bits per heavy atom. The number of rotatable bonds is 28. The maximum absolute atomic E-state index is 11.9. The molecule has 0 aliphatic carbocycles. The van der Waals surface area contributed by atoms with Crippen LogP contribution in [0.3, 0.4) is 0 Å². The van der Waals surface area contributed by atoms with Crippen LogP contribution in [0.2, 0.25) is 0 Å². The molecule has 0 bridgehead atoms. The van der Waals surface area contributed by atoms with Crippen molar-refractivity contribution >= 4 is 11.2 Å². The van der Waals surface area contributed by atoms with Gasteiger partial charge in [-0.25, -0.2) is 9.97 Å². The first-order chi connectivity index (χ1) is 48.1. The van der Waals surface area contributed by atoms with Gasteiger partial charge in [0.05, 0.1) is 74.9 Å². The normalized spacial score (nSPS) is 14.8. The molecule has 0 spiro atoms. The summed E-state index contributed by atoms with van der Waals surface area (Å²) in [7, 11) is 9.92. The summed E-state index contributed by atoms with van der Waals surface area (Å²) in [6.45, 7) is 0.335. The highest BCUT2D eigenvalue weighted by molar-refractivity contribution is 5.76. The summed E-state index contributed by atoms with van der Waals surface area (Å²) in [5.74, 6) is 4.52. The lowest BCUT2D eigenvalue weighted by molar-refractivity contribution is -0.0931. The predicted molar refractivity (Wildman–Crippen MR) is 373 cm³/mol. The van der Waals surface area contributed by atoms with Crippen LogP contribution in [0.4, 0.5) is 0 Å². The summed E-state index contributed by atoms with van der Waals surface area (Å²) in [4.78, 5) is 14.2. The molecular formula is C82H76N4O12. The van der Waals surface area contributed by atoms with Gasteiger partial charge in [-0.05, 0) is 146 Å². The summed E-state index contributed by atoms with van der Waals surface area (Å²) < 4.78 is 71.6. The van der Waals surface area contributed by atoms with Crippen LogP contribution < -0.4 is 33.2 Å². The van der Waals surface area contributed by atoms with Gasteiger partial charge in [0.1, 0.15) is 76.6 Å². The molecule has 496 valence electrons. The molecule has 0 radical (unpaired) electrons. The Balaban J connectivity index is 0.835. The van der Waals surface area contributed by atoms with E-state index in [9.17, 15) is 5.11 Å². The summed E-state index contributed by atoms with van der Waals surface area (Å²) in [5, 5.41) is 11.9. The molecule has 1 fully saturated rings. The zero-order valence-electron chi connectivity index (χ0n) is 55.4. The Hall–Kier alpha value is -10.9.